The molecule has 17 heavy (non-hydrogen) atoms. The van der Waals surface area contributed by atoms with Crippen molar-refractivity contribution in [2.24, 2.45) is 0 Å². The summed E-state index contributed by atoms with van der Waals surface area (Å²) in [5.74, 6) is 0.463. The van der Waals surface area contributed by atoms with Gasteiger partial charge < -0.3 is 15.7 Å². The predicted octanol–water partition coefficient (Wildman–Crippen LogP) is 1.01. The van der Waals surface area contributed by atoms with Crippen LogP contribution in [0.1, 0.15) is 31.1 Å². The number of carbonyl (C=O) groups is 1. The van der Waals surface area contributed by atoms with Crippen LogP contribution in [0.4, 0.5) is 5.82 Å². The second-order valence-corrected chi connectivity index (χ2v) is 4.29. The lowest BCUT2D eigenvalue weighted by atomic mass is 10.2. The lowest BCUT2D eigenvalue weighted by molar-refractivity contribution is 0.0924. The van der Waals surface area contributed by atoms with Crippen LogP contribution >= 0.6 is 0 Å². The van der Waals surface area contributed by atoms with Crippen molar-refractivity contribution in [1.29, 1.82) is 0 Å². The van der Waals surface area contributed by atoms with Crippen LogP contribution in [-0.2, 0) is 0 Å². The maximum absolute atomic E-state index is 11.7. The number of rotatable bonds is 5. The minimum atomic E-state index is -0.547. The largest absolute Gasteiger partial charge is 0.392 e. The fourth-order valence-corrected chi connectivity index (χ4v) is 1.29. The van der Waals surface area contributed by atoms with Crippen LogP contribution in [-0.4, -0.2) is 34.7 Å². The van der Waals surface area contributed by atoms with Gasteiger partial charge >= 0.3 is 0 Å². The van der Waals surface area contributed by atoms with E-state index in [4.69, 9.17) is 5.11 Å². The van der Waals surface area contributed by atoms with Gasteiger partial charge in [-0.3, -0.25) is 4.79 Å². The van der Waals surface area contributed by atoms with Crippen LogP contribution in [0.5, 0.6) is 0 Å². The van der Waals surface area contributed by atoms with Crippen LogP contribution < -0.4 is 10.6 Å². The molecule has 5 heteroatoms. The van der Waals surface area contributed by atoms with Crippen LogP contribution in [0.15, 0.2) is 18.3 Å². The SMILES string of the molecule is CC(O)CNC(=O)c1ccnc(NC(C)C)c1. The number of nitrogens with one attached hydrogen (secondary N) is 2. The molecule has 0 radical (unpaired) electrons. The third kappa shape index (κ3) is 4.82. The summed E-state index contributed by atoms with van der Waals surface area (Å²) < 4.78 is 0. The van der Waals surface area contributed by atoms with Gasteiger partial charge in [-0.05, 0) is 32.9 Å². The normalized spacial score (nSPS) is 12.3. The Labute approximate surface area is 101 Å². The van der Waals surface area contributed by atoms with Gasteiger partial charge in [0.15, 0.2) is 0 Å². The third-order valence-electron chi connectivity index (χ3n) is 2.02. The van der Waals surface area contributed by atoms with Crippen LogP contribution in [0.3, 0.4) is 0 Å². The Hall–Kier alpha value is -1.62. The van der Waals surface area contributed by atoms with E-state index < -0.39 is 6.10 Å². The summed E-state index contributed by atoms with van der Waals surface area (Å²) in [7, 11) is 0. The van der Waals surface area contributed by atoms with E-state index in [2.05, 4.69) is 15.6 Å². The molecule has 1 unspecified atom stereocenters. The Morgan fingerprint density at radius 2 is 2.18 bits per heavy atom. The van der Waals surface area contributed by atoms with Crippen molar-refractivity contribution < 1.29 is 9.90 Å². The van der Waals surface area contributed by atoms with Crippen LogP contribution in [0.2, 0.25) is 0 Å². The lowest BCUT2D eigenvalue weighted by Gasteiger charge is -2.11. The molecule has 1 heterocycles. The highest BCUT2D eigenvalue weighted by Crippen LogP contribution is 2.07. The molecule has 3 N–H and O–H groups in total. The quantitative estimate of drug-likeness (QED) is 0.714. The summed E-state index contributed by atoms with van der Waals surface area (Å²) >= 11 is 0. The first-order valence-corrected chi connectivity index (χ1v) is 5.68. The van der Waals surface area contributed by atoms with Crippen molar-refractivity contribution in [2.45, 2.75) is 32.9 Å². The van der Waals surface area contributed by atoms with E-state index in [1.807, 2.05) is 13.8 Å². The van der Waals surface area contributed by atoms with Gasteiger partial charge in [-0.15, -0.1) is 0 Å². The van der Waals surface area contributed by atoms with Gasteiger partial charge in [0.25, 0.3) is 5.91 Å². The van der Waals surface area contributed by atoms with E-state index in [1.165, 1.54) is 0 Å². The van der Waals surface area contributed by atoms with Crippen LogP contribution in [0, 0.1) is 0 Å². The van der Waals surface area contributed by atoms with E-state index in [0.717, 1.165) is 0 Å². The van der Waals surface area contributed by atoms with Gasteiger partial charge in [0.2, 0.25) is 0 Å². The van der Waals surface area contributed by atoms with Crippen molar-refractivity contribution in [3.8, 4) is 0 Å². The van der Waals surface area contributed by atoms with Gasteiger partial charge in [0.1, 0.15) is 5.82 Å². The molecule has 0 aliphatic rings. The molecule has 94 valence electrons. The highest BCUT2D eigenvalue weighted by molar-refractivity contribution is 5.94. The molecule has 0 spiro atoms. The number of hydrogen-bond acceptors (Lipinski definition) is 4. The first-order valence-electron chi connectivity index (χ1n) is 5.68. The first kappa shape index (κ1) is 13.4. The number of amides is 1. The zero-order valence-corrected chi connectivity index (χ0v) is 10.4. The van der Waals surface area contributed by atoms with E-state index in [-0.39, 0.29) is 18.5 Å². The number of aliphatic hydroxyl groups excluding tert-OH is 1. The first-order chi connectivity index (χ1) is 7.99. The molecule has 1 atom stereocenters. The molecular formula is C12H19N3O2. The van der Waals surface area contributed by atoms with Crippen molar-refractivity contribution in [1.82, 2.24) is 10.3 Å². The summed E-state index contributed by atoms with van der Waals surface area (Å²) in [4.78, 5) is 15.8. The molecule has 0 aliphatic heterocycles. The fourth-order valence-electron chi connectivity index (χ4n) is 1.29. The molecule has 0 aromatic carbocycles. The number of aliphatic hydroxyl groups is 1. The average molecular weight is 237 g/mol. The van der Waals surface area contributed by atoms with Gasteiger partial charge in [-0.1, -0.05) is 0 Å². The number of anilines is 1. The monoisotopic (exact) mass is 237 g/mol. The second-order valence-electron chi connectivity index (χ2n) is 4.29. The molecule has 0 bridgehead atoms. The Bertz CT molecular complexity index is 378. The molecule has 1 rings (SSSR count). The molecule has 1 aromatic rings. The zero-order chi connectivity index (χ0) is 12.8. The van der Waals surface area contributed by atoms with E-state index in [0.29, 0.717) is 11.4 Å². The molecule has 0 saturated carbocycles. The molecule has 1 aromatic heterocycles. The summed E-state index contributed by atoms with van der Waals surface area (Å²) in [5.41, 5.74) is 0.531. The van der Waals surface area contributed by atoms with Crippen molar-refractivity contribution in [3.05, 3.63) is 23.9 Å². The number of hydrogen-bond donors (Lipinski definition) is 3. The number of nitrogens with zero attached hydrogens (tertiary/aromatic N) is 1. The summed E-state index contributed by atoms with van der Waals surface area (Å²) in [5, 5.41) is 14.8. The highest BCUT2D eigenvalue weighted by atomic mass is 16.3. The third-order valence-corrected chi connectivity index (χ3v) is 2.02. The molecule has 0 fully saturated rings. The van der Waals surface area contributed by atoms with E-state index >= 15 is 0 Å². The zero-order valence-electron chi connectivity index (χ0n) is 10.4. The van der Waals surface area contributed by atoms with E-state index in [1.54, 1.807) is 25.3 Å². The molecule has 1 amide bonds. The summed E-state index contributed by atoms with van der Waals surface area (Å²) in [6, 6.07) is 3.60. The lowest BCUT2D eigenvalue weighted by Crippen LogP contribution is -2.30. The maximum Gasteiger partial charge on any atom is 0.251 e. The second kappa shape index (κ2) is 6.20. The van der Waals surface area contributed by atoms with Gasteiger partial charge in [-0.25, -0.2) is 4.98 Å². The minimum absolute atomic E-state index is 0.208. The highest BCUT2D eigenvalue weighted by Gasteiger charge is 2.07. The smallest absolute Gasteiger partial charge is 0.251 e. The van der Waals surface area contributed by atoms with Crippen molar-refractivity contribution in [2.75, 3.05) is 11.9 Å². The van der Waals surface area contributed by atoms with Gasteiger partial charge in [-0.2, -0.15) is 0 Å². The Morgan fingerprint density at radius 3 is 2.76 bits per heavy atom. The van der Waals surface area contributed by atoms with Crippen LogP contribution in [0.25, 0.3) is 0 Å². The minimum Gasteiger partial charge on any atom is -0.392 e. The predicted molar refractivity (Wildman–Crippen MR) is 67.0 cm³/mol. The summed E-state index contributed by atoms with van der Waals surface area (Å²) in [6.45, 7) is 5.87. The van der Waals surface area contributed by atoms with E-state index in [9.17, 15) is 4.79 Å². The van der Waals surface area contributed by atoms with Gasteiger partial charge in [0.05, 0.1) is 6.10 Å². The maximum atomic E-state index is 11.7. The molecule has 0 saturated heterocycles. The number of pyridine rings is 1. The summed E-state index contributed by atoms with van der Waals surface area (Å²) in [6.07, 6.45) is 1.04. The fraction of sp³-hybridized carbons (Fsp3) is 0.500. The molecule has 5 nitrogen and oxygen atoms in total. The van der Waals surface area contributed by atoms with Crippen molar-refractivity contribution >= 4 is 11.7 Å². The Kier molecular flexibility index (Phi) is 4.90. The Morgan fingerprint density at radius 1 is 1.47 bits per heavy atom. The standard InChI is InChI=1S/C12H19N3O2/c1-8(2)15-11-6-10(4-5-13-11)12(17)14-7-9(3)16/h4-6,8-9,16H,7H2,1-3H3,(H,13,15)(H,14,17). The number of carbonyl (C=O) groups excluding carboxylic acids is 1. The Balaban J connectivity index is 2.67. The molecule has 0 aliphatic carbocycles. The van der Waals surface area contributed by atoms with Gasteiger partial charge in [0, 0.05) is 24.3 Å². The number of aromatic nitrogens is 1. The molecular weight excluding hydrogens is 218 g/mol. The average Bonchev–Trinajstić information content (AvgIpc) is 2.25. The topological polar surface area (TPSA) is 74.2 Å². The van der Waals surface area contributed by atoms with Crippen molar-refractivity contribution in [3.63, 3.8) is 0 Å².